The van der Waals surface area contributed by atoms with E-state index in [1.165, 1.54) is 23.1 Å². The highest BCUT2D eigenvalue weighted by Gasteiger charge is 2.45. The normalized spacial score (nSPS) is 20.3. The molecule has 0 spiro atoms. The smallest absolute Gasteiger partial charge is 0.324 e. The zero-order valence-electron chi connectivity index (χ0n) is 17.2. The van der Waals surface area contributed by atoms with E-state index < -0.39 is 27.9 Å². The van der Waals surface area contributed by atoms with Gasteiger partial charge in [0.1, 0.15) is 17.5 Å². The Balaban J connectivity index is 2.00. The van der Waals surface area contributed by atoms with Gasteiger partial charge >= 0.3 is 5.00 Å². The number of rotatable bonds is 3. The Kier molecular flexibility index (Phi) is 5.09. The number of ketones is 1. The van der Waals surface area contributed by atoms with Gasteiger partial charge < -0.3 is 5.73 Å². The Labute approximate surface area is 186 Å². The van der Waals surface area contributed by atoms with E-state index in [-0.39, 0.29) is 39.9 Å². The molecule has 10 heteroatoms. The van der Waals surface area contributed by atoms with Gasteiger partial charge in [0.15, 0.2) is 5.78 Å². The molecule has 0 saturated carbocycles. The summed E-state index contributed by atoms with van der Waals surface area (Å²) in [6.45, 7) is 3.77. The molecule has 0 unspecified atom stereocenters. The first-order chi connectivity index (χ1) is 15.0. The van der Waals surface area contributed by atoms with Crippen molar-refractivity contribution >= 4 is 27.8 Å². The van der Waals surface area contributed by atoms with Gasteiger partial charge in [0.2, 0.25) is 0 Å². The summed E-state index contributed by atoms with van der Waals surface area (Å²) in [7, 11) is 0. The lowest BCUT2D eigenvalue weighted by Gasteiger charge is -2.43. The minimum Gasteiger partial charge on any atom is -0.384 e. The molecule has 7 nitrogen and oxygen atoms in total. The fourth-order valence-corrected chi connectivity index (χ4v) is 5.27. The average Bonchev–Trinajstić information content (AvgIpc) is 3.17. The van der Waals surface area contributed by atoms with Gasteiger partial charge in [0, 0.05) is 34.7 Å². The van der Waals surface area contributed by atoms with E-state index in [1.807, 2.05) is 19.9 Å². The van der Waals surface area contributed by atoms with E-state index >= 15 is 0 Å². The number of carbonyl (C=O) groups excluding carboxylic acids is 1. The van der Waals surface area contributed by atoms with E-state index in [4.69, 9.17) is 5.73 Å². The van der Waals surface area contributed by atoms with Crippen molar-refractivity contribution in [1.82, 2.24) is 0 Å². The Morgan fingerprint density at radius 3 is 2.59 bits per heavy atom. The first-order valence-electron chi connectivity index (χ1n) is 9.69. The van der Waals surface area contributed by atoms with E-state index in [2.05, 4.69) is 0 Å². The fraction of sp³-hybridized carbons (Fsp3) is 0.273. The van der Waals surface area contributed by atoms with Crippen LogP contribution >= 0.6 is 11.3 Å². The summed E-state index contributed by atoms with van der Waals surface area (Å²) in [5.41, 5.74) is 6.46. The highest BCUT2D eigenvalue weighted by atomic mass is 32.1. The summed E-state index contributed by atoms with van der Waals surface area (Å²) in [6.07, 6.45) is 0.530. The number of nitrogens with zero attached hydrogens (tertiary/aromatic N) is 3. The molecule has 2 aromatic rings. The summed E-state index contributed by atoms with van der Waals surface area (Å²) in [4.78, 5) is 25.7. The number of nitriles is 1. The monoisotopic (exact) mass is 456 g/mol. The molecule has 0 amide bonds. The van der Waals surface area contributed by atoms with E-state index in [0.717, 1.165) is 17.4 Å². The number of hydrogen-bond acceptors (Lipinski definition) is 7. The molecule has 32 heavy (non-hydrogen) atoms. The van der Waals surface area contributed by atoms with Crippen molar-refractivity contribution in [3.8, 4) is 6.07 Å². The second-order valence-corrected chi connectivity index (χ2v) is 9.60. The van der Waals surface area contributed by atoms with Gasteiger partial charge in [-0.3, -0.25) is 19.8 Å². The van der Waals surface area contributed by atoms with Crippen molar-refractivity contribution < 1.29 is 18.5 Å². The third-order valence-electron chi connectivity index (χ3n) is 5.61. The van der Waals surface area contributed by atoms with Crippen LogP contribution in [0.2, 0.25) is 0 Å². The molecular formula is C22H18F2N4O3S. The van der Waals surface area contributed by atoms with Crippen LogP contribution in [-0.4, -0.2) is 10.7 Å². The van der Waals surface area contributed by atoms with Crippen LogP contribution in [0.3, 0.4) is 0 Å². The van der Waals surface area contributed by atoms with Gasteiger partial charge in [-0.1, -0.05) is 25.2 Å². The molecule has 2 N–H and O–H groups in total. The van der Waals surface area contributed by atoms with Crippen LogP contribution in [0, 0.1) is 38.5 Å². The van der Waals surface area contributed by atoms with Gasteiger partial charge in [-0.05, 0) is 30.0 Å². The SMILES string of the molecule is CC1(C)CC(=O)C2=C(C1)N(c1ccc(F)cc1F)C(N)=C(C#N)[C@H]2c1ccc([N+](=O)[O-])s1. The summed E-state index contributed by atoms with van der Waals surface area (Å²) < 4.78 is 28.3. The van der Waals surface area contributed by atoms with Crippen LogP contribution in [-0.2, 0) is 4.79 Å². The molecule has 164 valence electrons. The molecule has 1 atom stereocenters. The number of anilines is 1. The summed E-state index contributed by atoms with van der Waals surface area (Å²) in [5.74, 6) is -2.90. The Morgan fingerprint density at radius 1 is 1.28 bits per heavy atom. The molecule has 0 fully saturated rings. The van der Waals surface area contributed by atoms with Crippen LogP contribution in [0.4, 0.5) is 19.5 Å². The molecule has 2 aliphatic rings. The molecule has 1 aliphatic heterocycles. The Bertz CT molecular complexity index is 1270. The van der Waals surface area contributed by atoms with Crippen molar-refractivity contribution in [2.45, 2.75) is 32.6 Å². The minimum absolute atomic E-state index is 0.0164. The van der Waals surface area contributed by atoms with Gasteiger partial charge in [-0.15, -0.1) is 0 Å². The number of nitrogens with two attached hydrogens (primary N) is 1. The van der Waals surface area contributed by atoms with Gasteiger partial charge in [-0.25, -0.2) is 8.78 Å². The standard InChI is InChI=1S/C22H18F2N4O3S/c1-22(2)8-15-20(16(29)9-22)19(17-5-6-18(32-17)28(30)31)12(10-25)21(26)27(15)14-4-3-11(23)7-13(14)24/h3-7,19H,8-9,26H2,1-2H3/t19-/m0/s1. The molecule has 0 radical (unpaired) electrons. The van der Waals surface area contributed by atoms with Gasteiger partial charge in [0.25, 0.3) is 0 Å². The molecule has 2 heterocycles. The topological polar surface area (TPSA) is 113 Å². The predicted octanol–water partition coefficient (Wildman–Crippen LogP) is 4.88. The van der Waals surface area contributed by atoms with Crippen LogP contribution in [0.25, 0.3) is 0 Å². The maximum atomic E-state index is 14.8. The number of nitro groups is 1. The second-order valence-electron chi connectivity index (χ2n) is 8.51. The lowest BCUT2D eigenvalue weighted by atomic mass is 9.69. The molecular weight excluding hydrogens is 438 g/mol. The average molecular weight is 456 g/mol. The number of thiophene rings is 1. The maximum absolute atomic E-state index is 14.8. The number of carbonyl (C=O) groups is 1. The lowest BCUT2D eigenvalue weighted by Crippen LogP contribution is -2.42. The third kappa shape index (κ3) is 3.44. The highest BCUT2D eigenvalue weighted by Crippen LogP contribution is 2.51. The minimum atomic E-state index is -0.892. The summed E-state index contributed by atoms with van der Waals surface area (Å²) in [5, 5.41) is 21.0. The summed E-state index contributed by atoms with van der Waals surface area (Å²) in [6, 6.07) is 7.82. The molecule has 0 saturated heterocycles. The predicted molar refractivity (Wildman–Crippen MR) is 114 cm³/mol. The van der Waals surface area contributed by atoms with Crippen LogP contribution in [0.15, 0.2) is 53.0 Å². The largest absolute Gasteiger partial charge is 0.384 e. The molecule has 1 aliphatic carbocycles. The number of Topliss-reactive ketones (excluding diaryl/α,β-unsaturated/α-hetero) is 1. The molecule has 1 aromatic carbocycles. The molecule has 0 bridgehead atoms. The van der Waals surface area contributed by atoms with Crippen molar-refractivity contribution in [3.05, 3.63) is 79.6 Å². The second kappa shape index (κ2) is 7.53. The fourth-order valence-electron chi connectivity index (χ4n) is 4.33. The van der Waals surface area contributed by atoms with E-state index in [9.17, 15) is 29.0 Å². The highest BCUT2D eigenvalue weighted by molar-refractivity contribution is 7.15. The first-order valence-corrected chi connectivity index (χ1v) is 10.5. The van der Waals surface area contributed by atoms with Crippen molar-refractivity contribution in [1.29, 1.82) is 5.26 Å². The van der Waals surface area contributed by atoms with E-state index in [0.29, 0.717) is 23.1 Å². The van der Waals surface area contributed by atoms with Crippen LogP contribution in [0.1, 0.15) is 37.5 Å². The number of allylic oxidation sites excluding steroid dienone is 3. The molecule has 4 rings (SSSR count). The maximum Gasteiger partial charge on any atom is 0.324 e. The Morgan fingerprint density at radius 2 is 2.00 bits per heavy atom. The third-order valence-corrected chi connectivity index (χ3v) is 6.71. The zero-order chi connectivity index (χ0) is 23.4. The van der Waals surface area contributed by atoms with Gasteiger partial charge in [0.05, 0.1) is 28.2 Å². The Hall–Kier alpha value is -3.58. The van der Waals surface area contributed by atoms with Crippen molar-refractivity contribution in [2.24, 2.45) is 11.1 Å². The first kappa shape index (κ1) is 21.6. The lowest BCUT2D eigenvalue weighted by molar-refractivity contribution is -0.380. The number of halogens is 2. The summed E-state index contributed by atoms with van der Waals surface area (Å²) >= 11 is 0.860. The van der Waals surface area contributed by atoms with Crippen molar-refractivity contribution in [2.75, 3.05) is 4.90 Å². The van der Waals surface area contributed by atoms with Crippen LogP contribution in [0.5, 0.6) is 0 Å². The zero-order valence-corrected chi connectivity index (χ0v) is 18.0. The quantitative estimate of drug-likeness (QED) is 0.520. The van der Waals surface area contributed by atoms with Crippen molar-refractivity contribution in [3.63, 3.8) is 0 Å². The number of hydrogen-bond donors (Lipinski definition) is 1. The van der Waals surface area contributed by atoms with Crippen LogP contribution < -0.4 is 10.6 Å². The molecule has 1 aromatic heterocycles. The number of benzene rings is 1. The van der Waals surface area contributed by atoms with E-state index in [1.54, 1.807) is 0 Å². The van der Waals surface area contributed by atoms with Gasteiger partial charge in [-0.2, -0.15) is 5.26 Å².